The first-order chi connectivity index (χ1) is 49.4. The smallest absolute Gasteiger partial charge is 0.326 e. The molecule has 0 heterocycles. The van der Waals surface area contributed by atoms with Crippen LogP contribution in [0.1, 0.15) is 159 Å². The van der Waals surface area contributed by atoms with E-state index in [0.717, 1.165) is 0 Å². The van der Waals surface area contributed by atoms with Crippen LogP contribution in [0.15, 0.2) is 29.3 Å². The van der Waals surface area contributed by atoms with Crippen LogP contribution in [0.2, 0.25) is 0 Å². The minimum absolute atomic E-state index is 0.0256. The minimum Gasteiger partial charge on any atom is -0.508 e. The lowest BCUT2D eigenvalue weighted by Gasteiger charge is -2.29. The lowest BCUT2D eigenvalue weighted by Crippen LogP contribution is -2.62. The summed E-state index contributed by atoms with van der Waals surface area (Å²) in [5, 5.41) is 79.2. The molecule has 0 aliphatic rings. The molecule has 0 fully saturated rings. The quantitative estimate of drug-likeness (QED) is 0.0168. The minimum atomic E-state index is -2.03. The second kappa shape index (κ2) is 47.2. The van der Waals surface area contributed by atoms with Crippen molar-refractivity contribution in [1.82, 2.24) is 63.8 Å². The summed E-state index contributed by atoms with van der Waals surface area (Å²) in [5.41, 5.74) is 22.4. The number of primary amides is 1. The molecule has 1 aromatic rings. The van der Waals surface area contributed by atoms with Crippen LogP contribution in [0.25, 0.3) is 0 Å². The van der Waals surface area contributed by atoms with Crippen LogP contribution in [0.3, 0.4) is 0 Å². The number of phenols is 1. The molecule has 38 heteroatoms. The Morgan fingerprint density at radius 1 is 0.443 bits per heavy atom. The van der Waals surface area contributed by atoms with Crippen molar-refractivity contribution >= 4 is 101 Å². The fourth-order valence-corrected chi connectivity index (χ4v) is 10.5. The highest BCUT2D eigenvalue weighted by Gasteiger charge is 2.39. The topological polar surface area (TPSA) is 635 Å². The second-order valence-electron chi connectivity index (χ2n) is 28.1. The van der Waals surface area contributed by atoms with E-state index in [-0.39, 0.29) is 86.0 Å². The molecule has 13 amide bonds. The Bertz CT molecular complexity index is 3200. The molecule has 0 bridgehead atoms. The number of aliphatic hydroxyl groups excluding tert-OH is 1. The maximum atomic E-state index is 14.4. The molecular weight excluding hydrogens is 1390 g/mol. The van der Waals surface area contributed by atoms with Crippen LogP contribution >= 0.6 is 0 Å². The highest BCUT2D eigenvalue weighted by molar-refractivity contribution is 6.00. The van der Waals surface area contributed by atoms with Crippen molar-refractivity contribution in [2.45, 2.75) is 233 Å². The number of nitrogens with one attached hydrogen (secondary N) is 12. The van der Waals surface area contributed by atoms with Crippen molar-refractivity contribution < 1.29 is 102 Å². The molecule has 106 heavy (non-hydrogen) atoms. The van der Waals surface area contributed by atoms with E-state index in [9.17, 15) is 102 Å². The molecule has 0 saturated heterocycles. The highest BCUT2D eigenvalue weighted by atomic mass is 16.4. The number of phenolic OH excluding ortho intramolecular Hbond substituents is 1. The van der Waals surface area contributed by atoms with Gasteiger partial charge in [-0.3, -0.25) is 76.9 Å². The van der Waals surface area contributed by atoms with Crippen LogP contribution < -0.4 is 86.7 Å². The van der Waals surface area contributed by atoms with Gasteiger partial charge in [-0.2, -0.15) is 0 Å². The van der Waals surface area contributed by atoms with E-state index in [2.05, 4.69) is 68.8 Å². The number of guanidine groups is 1. The molecule has 0 aliphatic heterocycles. The van der Waals surface area contributed by atoms with Crippen LogP contribution in [0.4, 0.5) is 0 Å². The molecule has 13 atom stereocenters. The normalized spacial score (nSPS) is 14.9. The first kappa shape index (κ1) is 93.7. The average Bonchev–Trinajstić information content (AvgIpc) is 0.845. The average molecular weight is 1500 g/mol. The van der Waals surface area contributed by atoms with Gasteiger partial charge in [0.2, 0.25) is 76.8 Å². The third-order valence-electron chi connectivity index (χ3n) is 16.3. The van der Waals surface area contributed by atoms with Gasteiger partial charge in [0.15, 0.2) is 5.96 Å². The number of nitrogens with two attached hydrogens (primary N) is 4. The molecule has 0 aliphatic carbocycles. The summed E-state index contributed by atoms with van der Waals surface area (Å²) >= 11 is 0. The number of nitrogens with zero attached hydrogens (tertiary/aromatic N) is 1. The zero-order chi connectivity index (χ0) is 81.0. The lowest BCUT2D eigenvalue weighted by atomic mass is 9.96. The Balaban J connectivity index is 3.59. The monoisotopic (exact) mass is 1500 g/mol. The zero-order valence-corrected chi connectivity index (χ0v) is 62.3. The molecule has 1 rings (SSSR count). The number of carbonyl (C=O) groups excluding carboxylic acids is 13. The summed E-state index contributed by atoms with van der Waals surface area (Å²) in [6.07, 6.45) is -3.49. The summed E-state index contributed by atoms with van der Waals surface area (Å²) in [6.45, 7) is 18.5. The molecule has 1 aromatic carbocycles. The number of aliphatic hydroxyl groups is 1. The van der Waals surface area contributed by atoms with Gasteiger partial charge in [-0.15, -0.1) is 0 Å². The Labute approximate surface area is 615 Å². The van der Waals surface area contributed by atoms with Gasteiger partial charge < -0.3 is 112 Å². The molecule has 0 unspecified atom stereocenters. The predicted octanol–water partition coefficient (Wildman–Crippen LogP) is -4.06. The van der Waals surface area contributed by atoms with E-state index in [4.69, 9.17) is 22.9 Å². The highest BCUT2D eigenvalue weighted by Crippen LogP contribution is 2.17. The summed E-state index contributed by atoms with van der Waals surface area (Å²) in [7, 11) is 0. The van der Waals surface area contributed by atoms with E-state index < -0.39 is 224 Å². The Kier molecular flexibility index (Phi) is 41.8. The van der Waals surface area contributed by atoms with Gasteiger partial charge in [-0.05, 0) is 98.1 Å². The number of carboxylic acids is 3. The molecule has 0 spiro atoms. The van der Waals surface area contributed by atoms with Crippen LogP contribution in [0.5, 0.6) is 5.75 Å². The van der Waals surface area contributed by atoms with Crippen molar-refractivity contribution in [3.05, 3.63) is 29.8 Å². The summed E-state index contributed by atoms with van der Waals surface area (Å²) < 4.78 is 0. The number of aliphatic imine (C=N–C) groups is 1. The largest absolute Gasteiger partial charge is 0.508 e. The molecular formula is C68H113N17O21. The number of amides is 13. The van der Waals surface area contributed by atoms with Crippen LogP contribution in [-0.4, -0.2) is 218 Å². The van der Waals surface area contributed by atoms with Gasteiger partial charge in [0, 0.05) is 19.4 Å². The maximum absolute atomic E-state index is 14.4. The molecule has 25 N–H and O–H groups in total. The molecule has 38 nitrogen and oxygen atoms in total. The third-order valence-corrected chi connectivity index (χ3v) is 16.3. The summed E-state index contributed by atoms with van der Waals surface area (Å²) in [4.78, 5) is 219. The zero-order valence-electron chi connectivity index (χ0n) is 62.3. The first-order valence-corrected chi connectivity index (χ1v) is 35.1. The summed E-state index contributed by atoms with van der Waals surface area (Å²) in [5.74, 6) is -20.7. The first-order valence-electron chi connectivity index (χ1n) is 35.1. The van der Waals surface area contributed by atoms with Gasteiger partial charge >= 0.3 is 17.9 Å². The van der Waals surface area contributed by atoms with Gasteiger partial charge in [0.25, 0.3) is 0 Å². The number of hydrogen-bond acceptors (Lipinski definition) is 20. The Morgan fingerprint density at radius 3 is 1.29 bits per heavy atom. The van der Waals surface area contributed by atoms with Gasteiger partial charge in [0.05, 0.1) is 32.0 Å². The third kappa shape index (κ3) is 36.4. The molecule has 0 aromatic heterocycles. The fourth-order valence-electron chi connectivity index (χ4n) is 10.5. The predicted molar refractivity (Wildman–Crippen MR) is 384 cm³/mol. The van der Waals surface area contributed by atoms with Gasteiger partial charge in [0.1, 0.15) is 72.2 Å². The number of carboxylic acid groups (broad SMARTS) is 3. The van der Waals surface area contributed by atoms with Crippen molar-refractivity contribution in [2.24, 2.45) is 63.4 Å². The lowest BCUT2D eigenvalue weighted by molar-refractivity contribution is -0.143. The van der Waals surface area contributed by atoms with Gasteiger partial charge in [-0.25, -0.2) is 4.79 Å². The molecule has 0 radical (unpaired) electrons. The van der Waals surface area contributed by atoms with E-state index in [1.807, 2.05) is 27.7 Å². The van der Waals surface area contributed by atoms with Gasteiger partial charge in [-0.1, -0.05) is 102 Å². The number of carbonyl (C=O) groups is 16. The van der Waals surface area contributed by atoms with E-state index >= 15 is 0 Å². The molecule has 596 valence electrons. The van der Waals surface area contributed by atoms with Crippen LogP contribution in [0, 0.1) is 35.5 Å². The van der Waals surface area contributed by atoms with E-state index in [0.29, 0.717) is 6.42 Å². The number of hydrogen-bond donors (Lipinski definition) is 21. The van der Waals surface area contributed by atoms with Crippen LogP contribution in [-0.2, 0) is 83.1 Å². The van der Waals surface area contributed by atoms with Crippen molar-refractivity contribution in [3.63, 3.8) is 0 Å². The fraction of sp³-hybridized carbons (Fsp3) is 0.662. The summed E-state index contributed by atoms with van der Waals surface area (Å²) in [6, 6.07) is -13.9. The maximum Gasteiger partial charge on any atom is 0.326 e. The number of benzene rings is 1. The van der Waals surface area contributed by atoms with E-state index in [1.165, 1.54) is 31.2 Å². The number of aliphatic carboxylic acids is 3. The number of rotatable bonds is 50. The second-order valence-corrected chi connectivity index (χ2v) is 28.1. The Hall–Kier alpha value is -10.3. The standard InChI is InChI=1S/C68H113N17O21/c1-13-37(12)55(66(104)82-48(29-53(92)93)62(100)79-44(25-34(6)7)59(97)77-42(67(105)106)15-14-22-73-68(71)72)85-57(95)41(20-21-50(70)88)76-64(102)49(31-86)83-60(98)46(27-38-16-18-39(87)19-17-38)80-61(99)47(28-52(90)91)81-58(96)43(24-33(4)5)75-51(89)30-74-65(103)54(36(10)11)84-63(101)45(26-35(8)9)78-56(94)40(69)23-32(2)3/h16-19,32-37,40-49,54-55,86-87H,13-15,20-31,69H2,1-12H3,(H2,70,88)(H,74,103)(H,75,89)(H,76,102)(H,77,97)(H,78,94)(H,79,100)(H,80,99)(H,81,96)(H,82,104)(H,83,98)(H,84,101)(H,85,95)(H,90,91)(H,92,93)(H,105,106)(H4,71,72,73)/t37-,40-,41-,42-,43-,44-,45-,46-,47-,48-,49-,54-,55-/m0/s1. The Morgan fingerprint density at radius 2 is 0.840 bits per heavy atom. The van der Waals surface area contributed by atoms with E-state index in [1.54, 1.807) is 48.5 Å². The number of aromatic hydroxyl groups is 1. The van der Waals surface area contributed by atoms with Crippen molar-refractivity contribution in [3.8, 4) is 5.75 Å². The van der Waals surface area contributed by atoms with Crippen molar-refractivity contribution in [1.29, 1.82) is 0 Å². The molecule has 0 saturated carbocycles. The van der Waals surface area contributed by atoms with Crippen molar-refractivity contribution in [2.75, 3.05) is 19.7 Å². The SMILES string of the molecule is CC[C@H](C)[C@H](NC(=O)[C@H](CCC(N)=O)NC(=O)[C@H](CO)NC(=O)[C@H](Cc1ccc(O)cc1)NC(=O)[C@H](CC(=O)O)NC(=O)[C@H](CC(C)C)NC(=O)CNC(=O)[C@@H](NC(=O)[C@H](CC(C)C)NC(=O)[C@@H](N)CC(C)C)C(C)C)C(=O)N[C@@H](CC(=O)O)C(=O)N[C@@H](CC(C)C)C(=O)N[C@@H](CCCN=C(N)N)C(=O)O.